The molecule has 64 valence electrons. The second kappa shape index (κ2) is 3.19. The van der Waals surface area contributed by atoms with Crippen LogP contribution in [0.2, 0.25) is 0 Å². The molecule has 0 spiro atoms. The molecule has 0 aliphatic carbocycles. The van der Waals surface area contributed by atoms with Crippen molar-refractivity contribution in [3.63, 3.8) is 0 Å². The summed E-state index contributed by atoms with van der Waals surface area (Å²) in [7, 11) is 0. The van der Waals surface area contributed by atoms with Crippen LogP contribution >= 0.6 is 0 Å². The van der Waals surface area contributed by atoms with Gasteiger partial charge in [0.15, 0.2) is 5.60 Å². The second-order valence-corrected chi connectivity index (χ2v) is 2.68. The van der Waals surface area contributed by atoms with Gasteiger partial charge in [0.05, 0.1) is 6.61 Å². The number of carbonyl (C=O) groups excluding carboxylic acids is 1. The fourth-order valence-electron chi connectivity index (χ4n) is 1.12. The van der Waals surface area contributed by atoms with Crippen molar-refractivity contribution in [3.05, 3.63) is 0 Å². The second-order valence-electron chi connectivity index (χ2n) is 2.68. The Kier molecular flexibility index (Phi) is 2.46. The first kappa shape index (κ1) is 8.49. The van der Waals surface area contributed by atoms with Gasteiger partial charge in [-0.1, -0.05) is 0 Å². The molecule has 1 aliphatic rings. The lowest BCUT2D eigenvalue weighted by molar-refractivity contribution is -0.162. The number of aliphatic hydroxyl groups is 1. The van der Waals surface area contributed by atoms with Crippen molar-refractivity contribution in [2.24, 2.45) is 0 Å². The van der Waals surface area contributed by atoms with Gasteiger partial charge in [-0.2, -0.15) is 0 Å². The number of ether oxygens (including phenoxy) is 1. The number of rotatable bonds is 2. The highest BCUT2D eigenvalue weighted by Crippen LogP contribution is 2.15. The van der Waals surface area contributed by atoms with Gasteiger partial charge in [-0.05, 0) is 13.5 Å². The molecule has 0 aromatic carbocycles. The van der Waals surface area contributed by atoms with Crippen molar-refractivity contribution in [1.29, 1.82) is 0 Å². The SMILES string of the molecule is CCOC(=O)C1(O)CCNC1. The van der Waals surface area contributed by atoms with Gasteiger partial charge in [0, 0.05) is 13.0 Å². The minimum atomic E-state index is -1.27. The van der Waals surface area contributed by atoms with Gasteiger partial charge in [-0.25, -0.2) is 4.79 Å². The number of hydrogen-bond donors (Lipinski definition) is 2. The quantitative estimate of drug-likeness (QED) is 0.522. The van der Waals surface area contributed by atoms with E-state index in [0.29, 0.717) is 26.1 Å². The molecule has 1 saturated heterocycles. The maximum Gasteiger partial charge on any atom is 0.339 e. The van der Waals surface area contributed by atoms with Gasteiger partial charge in [0.1, 0.15) is 0 Å². The Morgan fingerprint density at radius 2 is 2.55 bits per heavy atom. The Labute approximate surface area is 65.5 Å². The van der Waals surface area contributed by atoms with Crippen molar-refractivity contribution in [3.8, 4) is 0 Å². The monoisotopic (exact) mass is 159 g/mol. The van der Waals surface area contributed by atoms with Gasteiger partial charge in [-0.3, -0.25) is 0 Å². The molecule has 0 aromatic rings. The highest BCUT2D eigenvalue weighted by molar-refractivity contribution is 5.80. The minimum absolute atomic E-state index is 0.311. The molecule has 0 amide bonds. The lowest BCUT2D eigenvalue weighted by Crippen LogP contribution is -2.41. The first-order valence-corrected chi connectivity index (χ1v) is 3.79. The zero-order valence-corrected chi connectivity index (χ0v) is 6.59. The molecule has 4 nitrogen and oxygen atoms in total. The standard InChI is InChI=1S/C7H13NO3/c1-2-11-6(9)7(10)3-4-8-5-7/h8,10H,2-5H2,1H3. The molecular formula is C7H13NO3. The van der Waals surface area contributed by atoms with Crippen molar-refractivity contribution < 1.29 is 14.6 Å². The molecular weight excluding hydrogens is 146 g/mol. The van der Waals surface area contributed by atoms with Crippen LogP contribution < -0.4 is 5.32 Å². The molecule has 0 aromatic heterocycles. The van der Waals surface area contributed by atoms with Crippen LogP contribution in [0.4, 0.5) is 0 Å². The highest BCUT2D eigenvalue weighted by atomic mass is 16.5. The molecule has 11 heavy (non-hydrogen) atoms. The number of carbonyl (C=O) groups is 1. The minimum Gasteiger partial charge on any atom is -0.464 e. The summed E-state index contributed by atoms with van der Waals surface area (Å²) in [6.07, 6.45) is 0.450. The maximum absolute atomic E-state index is 11.1. The van der Waals surface area contributed by atoms with E-state index in [1.54, 1.807) is 6.92 Å². The molecule has 0 radical (unpaired) electrons. The molecule has 0 bridgehead atoms. The first-order chi connectivity index (χ1) is 5.19. The van der Waals surface area contributed by atoms with Crippen LogP contribution in [0.5, 0.6) is 0 Å². The summed E-state index contributed by atoms with van der Waals surface area (Å²) in [4.78, 5) is 11.1. The predicted molar refractivity (Wildman–Crippen MR) is 39.1 cm³/mol. The number of β-amino-alcohol motifs (C(OH)–C–C–N with tert-alkyl or cyclic N) is 1. The van der Waals surface area contributed by atoms with E-state index < -0.39 is 11.6 Å². The summed E-state index contributed by atoms with van der Waals surface area (Å²) >= 11 is 0. The smallest absolute Gasteiger partial charge is 0.339 e. The number of esters is 1. The molecule has 2 N–H and O–H groups in total. The first-order valence-electron chi connectivity index (χ1n) is 3.79. The zero-order chi connectivity index (χ0) is 8.32. The number of hydrogen-bond acceptors (Lipinski definition) is 4. The van der Waals surface area contributed by atoms with Gasteiger partial charge in [-0.15, -0.1) is 0 Å². The van der Waals surface area contributed by atoms with Crippen LogP contribution in [0.1, 0.15) is 13.3 Å². The van der Waals surface area contributed by atoms with Gasteiger partial charge < -0.3 is 15.2 Å². The van der Waals surface area contributed by atoms with Crippen LogP contribution in [0.25, 0.3) is 0 Å². The van der Waals surface area contributed by atoms with Crippen molar-refractivity contribution in [2.45, 2.75) is 18.9 Å². The van der Waals surface area contributed by atoms with Crippen molar-refractivity contribution in [1.82, 2.24) is 5.32 Å². The Morgan fingerprint density at radius 1 is 1.82 bits per heavy atom. The molecule has 1 fully saturated rings. The topological polar surface area (TPSA) is 58.6 Å². The molecule has 1 atom stereocenters. The lowest BCUT2D eigenvalue weighted by Gasteiger charge is -2.17. The third-order valence-electron chi connectivity index (χ3n) is 1.79. The van der Waals surface area contributed by atoms with E-state index in [9.17, 15) is 9.90 Å². The highest BCUT2D eigenvalue weighted by Gasteiger charge is 2.40. The van der Waals surface area contributed by atoms with Crippen LogP contribution in [0.3, 0.4) is 0 Å². The van der Waals surface area contributed by atoms with E-state index in [0.717, 1.165) is 0 Å². The van der Waals surface area contributed by atoms with E-state index in [2.05, 4.69) is 5.32 Å². The zero-order valence-electron chi connectivity index (χ0n) is 6.59. The summed E-state index contributed by atoms with van der Waals surface area (Å²) in [5.74, 6) is -0.509. The van der Waals surface area contributed by atoms with E-state index in [1.165, 1.54) is 0 Å². The fraction of sp³-hybridized carbons (Fsp3) is 0.857. The van der Waals surface area contributed by atoms with Crippen LogP contribution in [-0.2, 0) is 9.53 Å². The predicted octanol–water partition coefficient (Wildman–Crippen LogP) is -0.726. The van der Waals surface area contributed by atoms with Crippen molar-refractivity contribution >= 4 is 5.97 Å². The molecule has 1 rings (SSSR count). The molecule has 4 heteroatoms. The lowest BCUT2D eigenvalue weighted by atomic mass is 10.0. The summed E-state index contributed by atoms with van der Waals surface area (Å²) < 4.78 is 4.70. The van der Waals surface area contributed by atoms with Crippen LogP contribution in [-0.4, -0.2) is 36.4 Å². The summed E-state index contributed by atoms with van der Waals surface area (Å²) in [5, 5.41) is 12.5. The van der Waals surface area contributed by atoms with Crippen LogP contribution in [0, 0.1) is 0 Å². The van der Waals surface area contributed by atoms with Gasteiger partial charge in [0.2, 0.25) is 0 Å². The third-order valence-corrected chi connectivity index (χ3v) is 1.79. The molecule has 0 saturated carbocycles. The Morgan fingerprint density at radius 3 is 3.00 bits per heavy atom. The third kappa shape index (κ3) is 1.70. The van der Waals surface area contributed by atoms with Crippen LogP contribution in [0.15, 0.2) is 0 Å². The van der Waals surface area contributed by atoms with Gasteiger partial charge >= 0.3 is 5.97 Å². The number of nitrogens with one attached hydrogen (secondary N) is 1. The Hall–Kier alpha value is -0.610. The normalized spacial score (nSPS) is 30.4. The van der Waals surface area contributed by atoms with E-state index in [4.69, 9.17) is 4.74 Å². The summed E-state index contributed by atoms with van der Waals surface area (Å²) in [6.45, 7) is 3.03. The van der Waals surface area contributed by atoms with Crippen molar-refractivity contribution in [2.75, 3.05) is 19.7 Å². The van der Waals surface area contributed by atoms with Gasteiger partial charge in [0.25, 0.3) is 0 Å². The average molecular weight is 159 g/mol. The molecule has 1 unspecified atom stereocenters. The molecule has 1 aliphatic heterocycles. The van der Waals surface area contributed by atoms with E-state index in [-0.39, 0.29) is 0 Å². The van der Waals surface area contributed by atoms with E-state index >= 15 is 0 Å². The molecule has 1 heterocycles. The summed E-state index contributed by atoms with van der Waals surface area (Å²) in [5.41, 5.74) is -1.27. The Balaban J connectivity index is 2.49. The Bertz CT molecular complexity index is 152. The summed E-state index contributed by atoms with van der Waals surface area (Å²) in [6, 6.07) is 0. The average Bonchev–Trinajstić information content (AvgIpc) is 2.38. The van der Waals surface area contributed by atoms with E-state index in [1.807, 2.05) is 0 Å². The largest absolute Gasteiger partial charge is 0.464 e. The fourth-order valence-corrected chi connectivity index (χ4v) is 1.12. The maximum atomic E-state index is 11.1.